The number of ketones is 1. The van der Waals surface area contributed by atoms with Gasteiger partial charge in [-0.15, -0.1) is 191 Å². The predicted molar refractivity (Wildman–Crippen MR) is 585 cm³/mol. The summed E-state index contributed by atoms with van der Waals surface area (Å²) in [6, 6.07) is 149. The number of allylic oxidation sites excluding steroid dienone is 2. The van der Waals surface area contributed by atoms with Gasteiger partial charge >= 0.3 is 21.1 Å². The minimum Gasteiger partial charge on any atom is -0.512 e. The van der Waals surface area contributed by atoms with Crippen molar-refractivity contribution in [3.8, 4) is 124 Å². The summed E-state index contributed by atoms with van der Waals surface area (Å²) in [5, 5.41) is 11.7. The summed E-state index contributed by atoms with van der Waals surface area (Å²) >= 11 is 0. The number of para-hydroxylation sites is 2. The molecule has 17 heteroatoms. The zero-order valence-corrected chi connectivity index (χ0v) is 92.8. The molecule has 0 bridgehead atoms. The molecule has 0 aliphatic heterocycles. The van der Waals surface area contributed by atoms with E-state index >= 15 is 0 Å². The second-order valence-electron chi connectivity index (χ2n) is 38.1. The number of anilines is 3. The molecule has 0 atom stereocenters. The fourth-order valence-electron chi connectivity index (χ4n) is 20.2. The van der Waals surface area contributed by atoms with E-state index in [1.165, 1.54) is 109 Å². The average Bonchev–Trinajstić information content (AvgIpc) is 1.51. The largest absolute Gasteiger partial charge is 2.00 e. The van der Waals surface area contributed by atoms with E-state index in [4.69, 9.17) is 29.5 Å². The molecular weight excluding hydrogens is 2550 g/mol. The van der Waals surface area contributed by atoms with E-state index < -0.39 is 0 Å². The molecule has 26 rings (SSSR count). The Morgan fingerprint density at radius 3 is 1.31 bits per heavy atom. The Kier molecular flexibility index (Phi) is 32.1. The summed E-state index contributed by atoms with van der Waals surface area (Å²) in [6.45, 7) is 21.2. The van der Waals surface area contributed by atoms with E-state index in [0.29, 0.717) is 17.5 Å². The summed E-state index contributed by atoms with van der Waals surface area (Å²) in [7, 11) is 0. The number of aliphatic hydroxyl groups is 1. The molecule has 14 aromatic carbocycles. The fourth-order valence-corrected chi connectivity index (χ4v) is 20.2. The number of nitrogens with zero attached hydrogens (tertiary/aromatic N) is 10. The molecule has 22 aromatic rings. The first-order chi connectivity index (χ1) is 70.6. The first-order valence-electron chi connectivity index (χ1n) is 48.6. The van der Waals surface area contributed by atoms with Gasteiger partial charge in [0.15, 0.2) is 17.4 Å². The van der Waals surface area contributed by atoms with Crippen molar-refractivity contribution in [3.63, 3.8) is 0 Å². The van der Waals surface area contributed by atoms with E-state index in [1.807, 2.05) is 219 Å². The Morgan fingerprint density at radius 2 is 0.799 bits per heavy atom. The number of rotatable bonds is 13. The number of hydrogen-bond donors (Lipinski definition) is 1. The molecule has 0 fully saturated rings. The van der Waals surface area contributed by atoms with Crippen molar-refractivity contribution in [3.05, 3.63) is 517 Å². The van der Waals surface area contributed by atoms with E-state index in [9.17, 15) is 4.79 Å². The molecule has 149 heavy (non-hydrogen) atoms. The smallest absolute Gasteiger partial charge is 0.512 e. The Labute approximate surface area is 924 Å². The molecule has 737 valence electrons. The molecule has 13 nitrogen and oxygen atoms in total. The van der Waals surface area contributed by atoms with Crippen LogP contribution in [-0.2, 0) is 102 Å². The van der Waals surface area contributed by atoms with E-state index in [-0.39, 0.29) is 115 Å². The number of furan rings is 1. The van der Waals surface area contributed by atoms with Gasteiger partial charge in [-0.25, -0.2) is 15.0 Å². The second-order valence-corrected chi connectivity index (χ2v) is 38.1. The summed E-state index contributed by atoms with van der Waals surface area (Å²) in [6.07, 6.45) is 10.3. The molecule has 0 saturated carbocycles. The number of aromatic nitrogens is 9. The Bertz CT molecular complexity index is 8330. The molecule has 8 heterocycles. The maximum atomic E-state index is 10.0. The number of carbonyl (C=O) groups excluding carboxylic acids is 1. The molecule has 4 aliphatic rings. The minimum atomic E-state index is -0.206. The van der Waals surface area contributed by atoms with E-state index in [2.05, 4.69) is 298 Å². The maximum absolute atomic E-state index is 10.0. The Morgan fingerprint density at radius 1 is 0.349 bits per heavy atom. The van der Waals surface area contributed by atoms with Gasteiger partial charge in [-0.3, -0.25) is 9.78 Å². The minimum absolute atomic E-state index is 0. The first kappa shape index (κ1) is 105. The van der Waals surface area contributed by atoms with Gasteiger partial charge in [0, 0.05) is 142 Å². The van der Waals surface area contributed by atoms with Gasteiger partial charge in [0.1, 0.15) is 17.0 Å². The van der Waals surface area contributed by atoms with Crippen LogP contribution in [0.3, 0.4) is 0 Å². The van der Waals surface area contributed by atoms with Crippen LogP contribution in [0.1, 0.15) is 123 Å². The quantitative estimate of drug-likeness (QED) is 0.0658. The van der Waals surface area contributed by atoms with Crippen molar-refractivity contribution in [1.29, 1.82) is 0 Å². The third-order valence-corrected chi connectivity index (χ3v) is 27.4. The summed E-state index contributed by atoms with van der Waals surface area (Å²) in [5.41, 5.74) is 40.2. The van der Waals surface area contributed by atoms with E-state index in [1.54, 1.807) is 12.4 Å². The van der Waals surface area contributed by atoms with Gasteiger partial charge in [0.25, 0.3) is 0 Å². The first-order valence-corrected chi connectivity index (χ1v) is 48.6. The van der Waals surface area contributed by atoms with Crippen LogP contribution in [0.5, 0.6) is 0 Å². The average molecular weight is 2650 g/mol. The maximum Gasteiger partial charge on any atom is 2.00 e. The SMILES string of the molecule is CC(=O)C=C(C)O.CC1(C)c2cccc3c2C2c4c-3cccc4C(C)(C)c3cc(N(c4[c-]c(-c5ccccn5)ccc4)c4[c-]c(-c5ccccn5)ccc4)cc1c32.CC1(C)c2ccccc2-c2c[c-]c(-c3ccc4ccccc4n3)cc21.Cc1ccc(-c2nc(-c3c[c-]c(-c4ccccn4)cc3)nc(-c3ccc(C)cc3)n2)cc1.[Ir].[Ir].[Ir].[Pt+2].[c-]1ccccc1-c1cc2oc3ccccc3c2cn1.[c-]1ccccc1-c1ccccn1. The number of hydrogen-bond acceptors (Lipinski definition) is 13. The van der Waals surface area contributed by atoms with Gasteiger partial charge in [-0.2, -0.15) is 0 Å². The van der Waals surface area contributed by atoms with Gasteiger partial charge < -0.3 is 39.3 Å². The van der Waals surface area contributed by atoms with Gasteiger partial charge in [0.2, 0.25) is 0 Å². The van der Waals surface area contributed by atoms with Crippen LogP contribution in [0.4, 0.5) is 17.1 Å². The molecule has 4 aliphatic carbocycles. The number of aliphatic hydroxyl groups excluding tert-OH is 1. The van der Waals surface area contributed by atoms with Gasteiger partial charge in [0.05, 0.1) is 11.3 Å². The van der Waals surface area contributed by atoms with Crippen molar-refractivity contribution >= 4 is 55.7 Å². The summed E-state index contributed by atoms with van der Waals surface area (Å²) in [5.74, 6) is 2.11. The molecule has 0 amide bonds. The number of aryl methyl sites for hydroxylation is 2. The van der Waals surface area contributed by atoms with Crippen LogP contribution in [0.15, 0.2) is 423 Å². The molecule has 8 aromatic heterocycles. The van der Waals surface area contributed by atoms with Crippen molar-refractivity contribution < 1.29 is 95.7 Å². The predicted octanol–water partition coefficient (Wildman–Crippen LogP) is 31.7. The number of carbonyl (C=O) groups is 1. The molecule has 0 saturated heterocycles. The molecule has 3 radical (unpaired) electrons. The summed E-state index contributed by atoms with van der Waals surface area (Å²) < 4.78 is 5.86. The van der Waals surface area contributed by atoms with Crippen LogP contribution < -0.4 is 4.90 Å². The fraction of sp³-hybridized carbons (Fsp3) is 0.106. The van der Waals surface area contributed by atoms with E-state index in [0.717, 1.165) is 129 Å². The van der Waals surface area contributed by atoms with Crippen LogP contribution in [-0.4, -0.2) is 55.7 Å². The van der Waals surface area contributed by atoms with Gasteiger partial charge in [-0.1, -0.05) is 276 Å². The molecule has 1 N–H and O–H groups in total. The zero-order valence-electron chi connectivity index (χ0n) is 83.4. The van der Waals surface area contributed by atoms with Crippen LogP contribution >= 0.6 is 0 Å². The number of benzene rings is 14. The van der Waals surface area contributed by atoms with Crippen molar-refractivity contribution in [2.75, 3.05) is 4.90 Å². The third kappa shape index (κ3) is 21.8. The van der Waals surface area contributed by atoms with Crippen LogP contribution in [0.2, 0.25) is 0 Å². The van der Waals surface area contributed by atoms with Crippen molar-refractivity contribution in [1.82, 2.24) is 44.9 Å². The number of fused-ring (bicyclic) bond motifs is 8. The monoisotopic (exact) mass is 2650 g/mol. The van der Waals surface area contributed by atoms with Crippen molar-refractivity contribution in [2.45, 2.75) is 91.4 Å². The van der Waals surface area contributed by atoms with Gasteiger partial charge in [-0.05, 0) is 194 Å². The standard InChI is InChI=1S/C47H35N3.C28H21N4.C24H18N.C17H10NO.C11H8N.C5H8O2.3Ir.Pt/c1-46(2)36-19-11-17-34-35-18-12-20-37-43(35)45(42(34)36)44-38(46)27-33(28-39(44)47(37,3)4)50(31-15-9-13-29(25-31)40-21-5-7-23-48-40)32-16-10-14-30(26-32)41-22-6-8-24-49-41;1-19-6-10-22(11-7-19)26-30-27(23-12-8-20(2)9-13-23)32-28(31-26)24-16-14-21(15-17-24)25-5-3-4-18-29-25;1-24(2)20-9-5-4-8-18(20)19-13-11-17(15-21(19)24)23-14-12-16-7-3-6-10-22(16)25-23;1-2-6-12(7-3-1)15-10-17-14(11-18-15)13-8-4-5-9-16(13)19-17;1-2-6-10(7-3-1)11-8-4-5-9-12-11;1-4(6)3-5(2)7;;;;/h5-24,27-28,45H,1-4H3;3-14,16-18H,1-2H3;3-10,12-15H,1-2H3;1-6,8-11H;1-6,8-9H;3,6H,1-2H3;;;;/q-2;4*-1;;;;;+2. The Balaban J connectivity index is 0.000000132. The second kappa shape index (κ2) is 45.6. The van der Waals surface area contributed by atoms with Crippen LogP contribution in [0.25, 0.3) is 157 Å². The molecule has 0 unspecified atom stereocenters. The Hall–Kier alpha value is -15.3. The van der Waals surface area contributed by atoms with Crippen LogP contribution in [0, 0.1) is 50.2 Å². The zero-order chi connectivity index (χ0) is 99.5. The topological polar surface area (TPSA) is 170 Å². The third-order valence-electron chi connectivity index (χ3n) is 27.4. The molecule has 0 spiro atoms. The summed E-state index contributed by atoms with van der Waals surface area (Å²) in [4.78, 5) is 54.0. The normalized spacial score (nSPS) is 12.6. The number of pyridine rings is 6. The molecular formula is C132H100Ir3N10O3Pt-4. The van der Waals surface area contributed by atoms with Crippen molar-refractivity contribution in [2.24, 2.45) is 0 Å².